The molecule has 0 bridgehead atoms. The maximum Gasteiger partial charge on any atom is 0.234 e. The predicted octanol–water partition coefficient (Wildman–Crippen LogP) is 2.42. The van der Waals surface area contributed by atoms with Gasteiger partial charge in [-0.2, -0.15) is 0 Å². The molecule has 1 amide bonds. The van der Waals surface area contributed by atoms with Crippen molar-refractivity contribution in [3.8, 4) is 0 Å². The highest BCUT2D eigenvalue weighted by Gasteiger charge is 2.27. The van der Waals surface area contributed by atoms with Crippen LogP contribution in [0.2, 0.25) is 0 Å². The van der Waals surface area contributed by atoms with Crippen molar-refractivity contribution in [3.05, 3.63) is 21.9 Å². The van der Waals surface area contributed by atoms with E-state index in [0.717, 1.165) is 18.7 Å². The molecular weight excluding hydrogens is 304 g/mol. The zero-order valence-electron chi connectivity index (χ0n) is 12.7. The van der Waals surface area contributed by atoms with Gasteiger partial charge in [0.25, 0.3) is 0 Å². The first-order valence-corrected chi connectivity index (χ1v) is 9.07. The van der Waals surface area contributed by atoms with E-state index in [1.807, 2.05) is 0 Å². The van der Waals surface area contributed by atoms with Gasteiger partial charge >= 0.3 is 0 Å². The normalized spacial score (nSPS) is 18.7. The third kappa shape index (κ3) is 4.56. The van der Waals surface area contributed by atoms with Crippen LogP contribution in [0.15, 0.2) is 11.4 Å². The first-order chi connectivity index (χ1) is 9.97. The van der Waals surface area contributed by atoms with Gasteiger partial charge in [-0.3, -0.25) is 14.5 Å². The molecule has 2 rings (SSSR count). The molecule has 1 saturated heterocycles. The highest BCUT2D eigenvalue weighted by Crippen LogP contribution is 2.20. The van der Waals surface area contributed by atoms with Crippen molar-refractivity contribution < 1.29 is 9.59 Å². The summed E-state index contributed by atoms with van der Waals surface area (Å²) in [6.45, 7) is 7.39. The fourth-order valence-electron chi connectivity index (χ4n) is 2.22. The molecule has 2 heterocycles. The Morgan fingerprint density at radius 2 is 2.29 bits per heavy atom. The third-order valence-electron chi connectivity index (χ3n) is 3.66. The molecule has 1 aliphatic heterocycles. The second-order valence-electron chi connectivity index (χ2n) is 5.60. The Balaban J connectivity index is 1.91. The average Bonchev–Trinajstić information content (AvgIpc) is 2.99. The second-order valence-corrected chi connectivity index (χ2v) is 7.70. The molecule has 4 nitrogen and oxygen atoms in total. The van der Waals surface area contributed by atoms with Gasteiger partial charge in [-0.15, -0.1) is 11.3 Å². The lowest BCUT2D eigenvalue weighted by Crippen LogP contribution is -2.45. The van der Waals surface area contributed by atoms with Gasteiger partial charge in [0.1, 0.15) is 0 Å². The standard InChI is InChI=1S/C15H22N2O2S2/c1-10(2)17(8-13-11(3)4-6-20-13)9-14(18)16-12-5-7-21-15(12)19/h4,6,10,12H,5,7-9H2,1-3H3,(H,16,18). The van der Waals surface area contributed by atoms with Gasteiger partial charge < -0.3 is 5.32 Å². The number of hydrogen-bond donors (Lipinski definition) is 1. The Morgan fingerprint density at radius 3 is 2.81 bits per heavy atom. The Kier molecular flexibility index (Phi) is 5.84. The molecule has 1 unspecified atom stereocenters. The molecule has 1 N–H and O–H groups in total. The largest absolute Gasteiger partial charge is 0.344 e. The van der Waals surface area contributed by atoms with Gasteiger partial charge in [0.05, 0.1) is 12.6 Å². The highest BCUT2D eigenvalue weighted by molar-refractivity contribution is 8.14. The lowest BCUT2D eigenvalue weighted by Gasteiger charge is -2.26. The van der Waals surface area contributed by atoms with Gasteiger partial charge in [-0.05, 0) is 44.2 Å². The summed E-state index contributed by atoms with van der Waals surface area (Å²) in [5.41, 5.74) is 1.27. The topological polar surface area (TPSA) is 49.4 Å². The fraction of sp³-hybridized carbons (Fsp3) is 0.600. The van der Waals surface area contributed by atoms with Crippen LogP contribution < -0.4 is 5.32 Å². The molecule has 116 valence electrons. The molecule has 0 spiro atoms. The van der Waals surface area contributed by atoms with Crippen LogP contribution in [0.1, 0.15) is 30.7 Å². The van der Waals surface area contributed by atoms with Crippen molar-refractivity contribution in [2.45, 2.75) is 45.8 Å². The van der Waals surface area contributed by atoms with E-state index in [9.17, 15) is 9.59 Å². The van der Waals surface area contributed by atoms with Crippen LogP contribution in [0.4, 0.5) is 0 Å². The third-order valence-corrected chi connectivity index (χ3v) is 5.68. The number of nitrogens with zero attached hydrogens (tertiary/aromatic N) is 1. The van der Waals surface area contributed by atoms with E-state index in [-0.39, 0.29) is 23.1 Å². The molecule has 0 saturated carbocycles. The molecule has 1 aliphatic rings. The Labute approximate surface area is 134 Å². The number of carbonyl (C=O) groups excluding carboxylic acids is 2. The fourth-order valence-corrected chi connectivity index (χ4v) is 4.09. The van der Waals surface area contributed by atoms with E-state index in [4.69, 9.17) is 0 Å². The summed E-state index contributed by atoms with van der Waals surface area (Å²) >= 11 is 3.04. The predicted molar refractivity (Wildman–Crippen MR) is 88.6 cm³/mol. The summed E-state index contributed by atoms with van der Waals surface area (Å²) in [4.78, 5) is 27.2. The van der Waals surface area contributed by atoms with Gasteiger partial charge in [-0.25, -0.2) is 0 Å². The smallest absolute Gasteiger partial charge is 0.234 e. The Bertz CT molecular complexity index is 514. The van der Waals surface area contributed by atoms with E-state index < -0.39 is 0 Å². The minimum absolute atomic E-state index is 0.0567. The van der Waals surface area contributed by atoms with Gasteiger partial charge in [-0.1, -0.05) is 11.8 Å². The highest BCUT2D eigenvalue weighted by atomic mass is 32.2. The van der Waals surface area contributed by atoms with Crippen LogP contribution in [0, 0.1) is 6.92 Å². The number of amides is 1. The molecule has 1 fully saturated rings. The van der Waals surface area contributed by atoms with E-state index >= 15 is 0 Å². The van der Waals surface area contributed by atoms with Crippen molar-refractivity contribution in [1.82, 2.24) is 10.2 Å². The maximum atomic E-state index is 12.2. The molecule has 1 aromatic rings. The number of carbonyl (C=O) groups is 2. The van der Waals surface area contributed by atoms with Crippen LogP contribution in [0.25, 0.3) is 0 Å². The van der Waals surface area contributed by atoms with E-state index in [2.05, 4.69) is 42.4 Å². The number of thioether (sulfide) groups is 1. The zero-order valence-corrected chi connectivity index (χ0v) is 14.4. The lowest BCUT2D eigenvalue weighted by molar-refractivity contribution is -0.126. The average molecular weight is 326 g/mol. The number of nitrogens with one attached hydrogen (secondary N) is 1. The van der Waals surface area contributed by atoms with Crippen LogP contribution in [0.5, 0.6) is 0 Å². The molecule has 21 heavy (non-hydrogen) atoms. The van der Waals surface area contributed by atoms with E-state index in [1.165, 1.54) is 22.2 Å². The monoisotopic (exact) mass is 326 g/mol. The van der Waals surface area contributed by atoms with Gasteiger partial charge in [0.2, 0.25) is 11.0 Å². The molecular formula is C15H22N2O2S2. The minimum Gasteiger partial charge on any atom is -0.344 e. The van der Waals surface area contributed by atoms with Crippen LogP contribution in [-0.2, 0) is 16.1 Å². The molecule has 6 heteroatoms. The second kappa shape index (κ2) is 7.42. The number of hydrogen-bond acceptors (Lipinski definition) is 5. The molecule has 0 radical (unpaired) electrons. The van der Waals surface area contributed by atoms with E-state index in [0.29, 0.717) is 6.54 Å². The van der Waals surface area contributed by atoms with Crippen LogP contribution >= 0.6 is 23.1 Å². The zero-order chi connectivity index (χ0) is 15.4. The first kappa shape index (κ1) is 16.5. The Morgan fingerprint density at radius 1 is 1.52 bits per heavy atom. The number of rotatable bonds is 6. The summed E-state index contributed by atoms with van der Waals surface area (Å²) in [6.07, 6.45) is 0.751. The molecule has 1 aromatic heterocycles. The summed E-state index contributed by atoms with van der Waals surface area (Å²) in [6, 6.07) is 2.10. The van der Waals surface area contributed by atoms with E-state index in [1.54, 1.807) is 11.3 Å². The van der Waals surface area contributed by atoms with Crippen LogP contribution in [0.3, 0.4) is 0 Å². The summed E-state index contributed by atoms with van der Waals surface area (Å²) in [5, 5.41) is 5.03. The Hall–Kier alpha value is -0.850. The van der Waals surface area contributed by atoms with Gasteiger partial charge in [0.15, 0.2) is 0 Å². The summed E-state index contributed by atoms with van der Waals surface area (Å²) in [5.74, 6) is 0.755. The van der Waals surface area contributed by atoms with Crippen molar-refractivity contribution >= 4 is 34.1 Å². The van der Waals surface area contributed by atoms with Crippen molar-refractivity contribution in [1.29, 1.82) is 0 Å². The summed E-state index contributed by atoms with van der Waals surface area (Å²) in [7, 11) is 0. The van der Waals surface area contributed by atoms with Crippen molar-refractivity contribution in [2.24, 2.45) is 0 Å². The molecule has 0 aliphatic carbocycles. The number of thiophene rings is 1. The lowest BCUT2D eigenvalue weighted by atomic mass is 10.2. The number of aryl methyl sites for hydroxylation is 1. The first-order valence-electron chi connectivity index (χ1n) is 7.20. The molecule has 0 aromatic carbocycles. The van der Waals surface area contributed by atoms with Crippen molar-refractivity contribution in [2.75, 3.05) is 12.3 Å². The molecule has 1 atom stereocenters. The van der Waals surface area contributed by atoms with Gasteiger partial charge in [0, 0.05) is 23.2 Å². The maximum absolute atomic E-state index is 12.2. The summed E-state index contributed by atoms with van der Waals surface area (Å²) < 4.78 is 0. The minimum atomic E-state index is -0.292. The SMILES string of the molecule is Cc1ccsc1CN(CC(=O)NC1CCSC1=O)C(C)C. The quantitative estimate of drug-likeness (QED) is 0.872. The van der Waals surface area contributed by atoms with Crippen molar-refractivity contribution in [3.63, 3.8) is 0 Å². The van der Waals surface area contributed by atoms with Crippen LogP contribution in [-0.4, -0.2) is 40.3 Å².